The van der Waals surface area contributed by atoms with Crippen LogP contribution in [0, 0.1) is 0 Å². The van der Waals surface area contributed by atoms with Crippen molar-refractivity contribution < 1.29 is 31.2 Å². The van der Waals surface area contributed by atoms with Crippen molar-refractivity contribution in [1.29, 1.82) is 0 Å². The Kier molecular flexibility index (Phi) is 6.83. The van der Waals surface area contributed by atoms with Crippen molar-refractivity contribution in [2.75, 3.05) is 11.1 Å². The maximum atomic E-state index is 13.5. The number of halogens is 3. The molecule has 0 fully saturated rings. The van der Waals surface area contributed by atoms with Gasteiger partial charge in [0.25, 0.3) is 0 Å². The van der Waals surface area contributed by atoms with Gasteiger partial charge in [0.2, 0.25) is 5.91 Å². The molecular weight excluding hydrogens is 501 g/mol. The highest BCUT2D eigenvalue weighted by Crippen LogP contribution is 2.41. The number of carbonyl (C=O) groups is 2. The number of ketones is 1. The third-order valence-corrected chi connectivity index (χ3v) is 8.60. The van der Waals surface area contributed by atoms with Gasteiger partial charge < -0.3 is 5.32 Å². The van der Waals surface area contributed by atoms with E-state index in [9.17, 15) is 31.2 Å². The lowest BCUT2D eigenvalue weighted by Crippen LogP contribution is -2.22. The molecule has 1 aliphatic carbocycles. The molecule has 0 saturated heterocycles. The van der Waals surface area contributed by atoms with Crippen LogP contribution in [0.3, 0.4) is 0 Å². The molecule has 11 heteroatoms. The molecule has 1 unspecified atom stereocenters. The Morgan fingerprint density at radius 3 is 2.49 bits per heavy atom. The zero-order valence-electron chi connectivity index (χ0n) is 18.6. The van der Waals surface area contributed by atoms with Crippen molar-refractivity contribution in [2.24, 2.45) is 0 Å². The largest absolute Gasteiger partial charge is 0.416 e. The van der Waals surface area contributed by atoms with Gasteiger partial charge in [0.1, 0.15) is 0 Å². The lowest BCUT2D eigenvalue weighted by atomic mass is 9.82. The topological polar surface area (TPSA) is 93.2 Å². The smallest absolute Gasteiger partial charge is 0.302 e. The van der Waals surface area contributed by atoms with Crippen LogP contribution in [0.1, 0.15) is 51.3 Å². The monoisotopic (exact) mass is 522 g/mol. The number of nitrogens with one attached hydrogen (secondary N) is 1. The zero-order valence-corrected chi connectivity index (χ0v) is 20.2. The van der Waals surface area contributed by atoms with E-state index >= 15 is 0 Å². The Bertz CT molecular complexity index is 1380. The van der Waals surface area contributed by atoms with Crippen LogP contribution in [0.4, 0.5) is 18.3 Å². The van der Waals surface area contributed by atoms with Gasteiger partial charge in [0.05, 0.1) is 33.2 Å². The highest BCUT2D eigenvalue weighted by atomic mass is 32.2. The van der Waals surface area contributed by atoms with Gasteiger partial charge in [0.15, 0.2) is 20.8 Å². The van der Waals surface area contributed by atoms with E-state index in [1.807, 2.05) is 0 Å². The van der Waals surface area contributed by atoms with Gasteiger partial charge in [-0.3, -0.25) is 9.59 Å². The molecule has 4 rings (SSSR count). The Labute approximate surface area is 204 Å². The highest BCUT2D eigenvalue weighted by molar-refractivity contribution is 7.91. The lowest BCUT2D eigenvalue weighted by molar-refractivity contribution is -0.138. The van der Waals surface area contributed by atoms with E-state index in [4.69, 9.17) is 0 Å². The molecule has 1 amide bonds. The second-order valence-corrected chi connectivity index (χ2v) is 11.4. The summed E-state index contributed by atoms with van der Waals surface area (Å²) in [4.78, 5) is 30.3. The van der Waals surface area contributed by atoms with Crippen LogP contribution >= 0.6 is 11.3 Å². The summed E-state index contributed by atoms with van der Waals surface area (Å²) in [5.41, 5.74) is 0.185. The number of thiazole rings is 1. The van der Waals surface area contributed by atoms with Crippen molar-refractivity contribution in [2.45, 2.75) is 43.2 Å². The summed E-state index contributed by atoms with van der Waals surface area (Å²) in [5.74, 6) is -1.80. The molecule has 1 aromatic heterocycles. The standard InChI is InChI=1S/C24H21F3N2O4S2/c1-2-35(32,33)15-9-7-14(8-10-15)13-20(30)29-23-28-19-12-11-17(21(31)22(19)34-23)16-5-3-4-6-18(16)24(25,26)27/h3-10,17H,2,11-13H2,1H3,(H,28,29,30). The quantitative estimate of drug-likeness (QED) is 0.489. The summed E-state index contributed by atoms with van der Waals surface area (Å²) in [6, 6.07) is 11.1. The van der Waals surface area contributed by atoms with Gasteiger partial charge in [-0.15, -0.1) is 0 Å². The third kappa shape index (κ3) is 5.30. The molecule has 3 aromatic rings. The molecule has 0 saturated carbocycles. The summed E-state index contributed by atoms with van der Waals surface area (Å²) >= 11 is 0.950. The minimum atomic E-state index is -4.57. The summed E-state index contributed by atoms with van der Waals surface area (Å²) in [5, 5.41) is 2.83. The number of amides is 1. The molecule has 2 aromatic carbocycles. The van der Waals surface area contributed by atoms with Gasteiger partial charge in [-0.2, -0.15) is 13.2 Å². The van der Waals surface area contributed by atoms with E-state index in [-0.39, 0.29) is 39.1 Å². The van der Waals surface area contributed by atoms with E-state index in [2.05, 4.69) is 10.3 Å². The maximum Gasteiger partial charge on any atom is 0.416 e. The molecule has 0 radical (unpaired) electrons. The fourth-order valence-electron chi connectivity index (χ4n) is 4.02. The van der Waals surface area contributed by atoms with Crippen LogP contribution in [-0.4, -0.2) is 30.8 Å². The maximum absolute atomic E-state index is 13.5. The minimum Gasteiger partial charge on any atom is -0.302 e. The zero-order chi connectivity index (χ0) is 25.4. The van der Waals surface area contributed by atoms with E-state index < -0.39 is 39.2 Å². The van der Waals surface area contributed by atoms with E-state index in [1.165, 1.54) is 30.3 Å². The number of sulfone groups is 1. The number of fused-ring (bicyclic) bond motifs is 1. The molecule has 1 atom stereocenters. The lowest BCUT2D eigenvalue weighted by Gasteiger charge is -2.23. The number of alkyl halides is 3. The van der Waals surface area contributed by atoms with E-state index in [0.29, 0.717) is 17.7 Å². The number of benzene rings is 2. The number of hydrogen-bond donors (Lipinski definition) is 1. The molecule has 6 nitrogen and oxygen atoms in total. The van der Waals surface area contributed by atoms with Crippen molar-refractivity contribution in [1.82, 2.24) is 4.98 Å². The second kappa shape index (κ2) is 9.54. The first kappa shape index (κ1) is 25.1. The summed E-state index contributed by atoms with van der Waals surface area (Å²) in [6.45, 7) is 1.55. The second-order valence-electron chi connectivity index (χ2n) is 8.11. The predicted molar refractivity (Wildman–Crippen MR) is 125 cm³/mol. The number of aromatic nitrogens is 1. The van der Waals surface area contributed by atoms with Crippen molar-refractivity contribution >= 4 is 38.0 Å². The average molecular weight is 523 g/mol. The van der Waals surface area contributed by atoms with Crippen LogP contribution in [0.25, 0.3) is 0 Å². The summed E-state index contributed by atoms with van der Waals surface area (Å²) < 4.78 is 64.2. The third-order valence-electron chi connectivity index (χ3n) is 5.82. The number of hydrogen-bond acceptors (Lipinski definition) is 6. The Balaban J connectivity index is 1.48. The fraction of sp³-hybridized carbons (Fsp3) is 0.292. The first-order valence-corrected chi connectivity index (χ1v) is 13.3. The van der Waals surface area contributed by atoms with Crippen molar-refractivity contribution in [3.05, 3.63) is 75.8 Å². The van der Waals surface area contributed by atoms with Crippen LogP contribution in [-0.2, 0) is 33.6 Å². The fourth-order valence-corrected chi connectivity index (χ4v) is 5.93. The SMILES string of the molecule is CCS(=O)(=O)c1ccc(CC(=O)Nc2nc3c(s2)C(=O)C(c2ccccc2C(F)(F)F)CC3)cc1. The molecule has 0 aliphatic heterocycles. The van der Waals surface area contributed by atoms with E-state index in [1.54, 1.807) is 19.1 Å². The molecular formula is C24H21F3N2O4S2. The van der Waals surface area contributed by atoms with E-state index in [0.717, 1.165) is 17.4 Å². The van der Waals surface area contributed by atoms with Gasteiger partial charge in [-0.25, -0.2) is 13.4 Å². The van der Waals surface area contributed by atoms with Gasteiger partial charge in [0, 0.05) is 5.92 Å². The van der Waals surface area contributed by atoms with Crippen LogP contribution < -0.4 is 5.32 Å². The molecule has 0 spiro atoms. The van der Waals surface area contributed by atoms with Crippen LogP contribution in [0.15, 0.2) is 53.4 Å². The Morgan fingerprint density at radius 1 is 1.14 bits per heavy atom. The Hall–Kier alpha value is -3.05. The van der Waals surface area contributed by atoms with Gasteiger partial charge in [-0.1, -0.05) is 48.6 Å². The first-order valence-electron chi connectivity index (χ1n) is 10.8. The van der Waals surface area contributed by atoms with Crippen molar-refractivity contribution in [3.63, 3.8) is 0 Å². The molecule has 184 valence electrons. The van der Waals surface area contributed by atoms with Crippen LogP contribution in [0.5, 0.6) is 0 Å². The molecule has 1 aliphatic rings. The summed E-state index contributed by atoms with van der Waals surface area (Å²) in [6.07, 6.45) is -4.09. The average Bonchev–Trinajstić information content (AvgIpc) is 3.22. The molecule has 35 heavy (non-hydrogen) atoms. The first-order chi connectivity index (χ1) is 16.5. The Morgan fingerprint density at radius 2 is 1.83 bits per heavy atom. The van der Waals surface area contributed by atoms with Gasteiger partial charge in [-0.05, 0) is 42.2 Å². The normalized spacial score (nSPS) is 16.1. The van der Waals surface area contributed by atoms with Gasteiger partial charge >= 0.3 is 6.18 Å². The van der Waals surface area contributed by atoms with Crippen molar-refractivity contribution in [3.8, 4) is 0 Å². The number of Topliss-reactive ketones (excluding diaryl/α,β-unsaturated/α-hetero) is 1. The predicted octanol–water partition coefficient (Wildman–Crippen LogP) is 5.05. The number of rotatable bonds is 6. The number of carbonyl (C=O) groups excluding carboxylic acids is 2. The molecule has 1 heterocycles. The molecule has 0 bridgehead atoms. The number of anilines is 1. The highest BCUT2D eigenvalue weighted by Gasteiger charge is 2.39. The minimum absolute atomic E-state index is 0.0249. The number of aryl methyl sites for hydroxylation is 1. The summed E-state index contributed by atoms with van der Waals surface area (Å²) in [7, 11) is -3.34. The van der Waals surface area contributed by atoms with Crippen LogP contribution in [0.2, 0.25) is 0 Å². The number of nitrogens with zero attached hydrogens (tertiary/aromatic N) is 1. The molecule has 1 N–H and O–H groups in total.